The molecule has 7 heteroatoms. The monoisotopic (exact) mass is 409 g/mol. The average molecular weight is 410 g/mol. The van der Waals surface area contributed by atoms with Gasteiger partial charge in [-0.25, -0.2) is 4.98 Å². The van der Waals surface area contributed by atoms with Crippen molar-refractivity contribution in [1.82, 2.24) is 4.98 Å². The van der Waals surface area contributed by atoms with Crippen LogP contribution in [0.2, 0.25) is 0 Å². The molecule has 0 bridgehead atoms. The summed E-state index contributed by atoms with van der Waals surface area (Å²) in [5, 5.41) is 6.98. The Morgan fingerprint density at radius 2 is 2.07 bits per heavy atom. The number of ether oxygens (including phenoxy) is 2. The molecule has 0 saturated carbocycles. The van der Waals surface area contributed by atoms with Gasteiger partial charge in [0.1, 0.15) is 5.75 Å². The summed E-state index contributed by atoms with van der Waals surface area (Å²) in [5.74, 6) is 0.541. The number of hydrogen-bond acceptors (Lipinski definition) is 7. The first-order valence-corrected chi connectivity index (χ1v) is 10.3. The second-order valence-electron chi connectivity index (χ2n) is 6.10. The maximum absolute atomic E-state index is 11.3. The van der Waals surface area contributed by atoms with Crippen LogP contribution in [0.25, 0.3) is 11.3 Å². The lowest BCUT2D eigenvalue weighted by molar-refractivity contribution is -0.143. The van der Waals surface area contributed by atoms with Gasteiger partial charge in [-0.2, -0.15) is 5.10 Å². The summed E-state index contributed by atoms with van der Waals surface area (Å²) in [6.07, 6.45) is 2.69. The van der Waals surface area contributed by atoms with Crippen molar-refractivity contribution in [2.75, 3.05) is 18.6 Å². The van der Waals surface area contributed by atoms with E-state index in [9.17, 15) is 4.79 Å². The van der Waals surface area contributed by atoms with Crippen molar-refractivity contribution in [3.8, 4) is 17.0 Å². The number of esters is 1. The number of hydrazone groups is 1. The fourth-order valence-electron chi connectivity index (χ4n) is 2.55. The van der Waals surface area contributed by atoms with Crippen LogP contribution in [0.15, 0.2) is 65.1 Å². The molecule has 0 unspecified atom stereocenters. The molecule has 0 radical (unpaired) electrons. The van der Waals surface area contributed by atoms with Crippen LogP contribution < -0.4 is 10.2 Å². The van der Waals surface area contributed by atoms with Crippen LogP contribution in [-0.2, 0) is 9.53 Å². The van der Waals surface area contributed by atoms with Crippen LogP contribution in [-0.4, -0.2) is 30.4 Å². The third-order valence-corrected chi connectivity index (χ3v) is 4.65. The van der Waals surface area contributed by atoms with Gasteiger partial charge in [0, 0.05) is 17.4 Å². The summed E-state index contributed by atoms with van der Waals surface area (Å²) in [6, 6.07) is 17.6. The van der Waals surface area contributed by atoms with E-state index < -0.39 is 0 Å². The number of nitrogens with one attached hydrogen (secondary N) is 1. The molecule has 3 aromatic rings. The molecule has 0 spiro atoms. The predicted molar refractivity (Wildman–Crippen MR) is 117 cm³/mol. The van der Waals surface area contributed by atoms with E-state index in [1.54, 1.807) is 13.1 Å². The Morgan fingerprint density at radius 3 is 2.90 bits per heavy atom. The Hall–Kier alpha value is -3.19. The first-order valence-electron chi connectivity index (χ1n) is 9.43. The molecule has 29 heavy (non-hydrogen) atoms. The van der Waals surface area contributed by atoms with E-state index in [1.807, 2.05) is 60.0 Å². The second kappa shape index (κ2) is 11.0. The molecule has 150 valence electrons. The van der Waals surface area contributed by atoms with Gasteiger partial charge in [0.15, 0.2) is 0 Å². The molecule has 0 amide bonds. The number of carbonyl (C=O) groups is 1. The quantitative estimate of drug-likeness (QED) is 0.221. The lowest BCUT2D eigenvalue weighted by Crippen LogP contribution is -2.06. The number of rotatable bonds is 10. The largest absolute Gasteiger partial charge is 0.494 e. The second-order valence-corrected chi connectivity index (χ2v) is 6.96. The maximum Gasteiger partial charge on any atom is 0.305 e. The van der Waals surface area contributed by atoms with Gasteiger partial charge in [0.05, 0.1) is 25.1 Å². The Bertz CT molecular complexity index is 941. The first-order chi connectivity index (χ1) is 14.2. The van der Waals surface area contributed by atoms with E-state index in [2.05, 4.69) is 15.5 Å². The fourth-order valence-corrected chi connectivity index (χ4v) is 3.22. The number of benzene rings is 2. The zero-order chi connectivity index (χ0) is 20.3. The van der Waals surface area contributed by atoms with Crippen molar-refractivity contribution in [1.29, 1.82) is 0 Å². The smallest absolute Gasteiger partial charge is 0.305 e. The van der Waals surface area contributed by atoms with Crippen molar-refractivity contribution in [3.63, 3.8) is 0 Å². The highest BCUT2D eigenvalue weighted by Gasteiger charge is 2.03. The van der Waals surface area contributed by atoms with E-state index in [0.29, 0.717) is 26.1 Å². The van der Waals surface area contributed by atoms with E-state index in [0.717, 1.165) is 27.7 Å². The topological polar surface area (TPSA) is 72.8 Å². The van der Waals surface area contributed by atoms with Gasteiger partial charge in [0.2, 0.25) is 5.13 Å². The molecule has 0 aliphatic heterocycles. The normalized spacial score (nSPS) is 10.8. The van der Waals surface area contributed by atoms with Gasteiger partial charge in [-0.1, -0.05) is 42.5 Å². The minimum atomic E-state index is -0.194. The van der Waals surface area contributed by atoms with Crippen molar-refractivity contribution < 1.29 is 14.3 Å². The van der Waals surface area contributed by atoms with Crippen molar-refractivity contribution in [2.45, 2.75) is 19.8 Å². The number of hydrogen-bond donors (Lipinski definition) is 1. The van der Waals surface area contributed by atoms with Crippen LogP contribution in [0.5, 0.6) is 5.75 Å². The number of carbonyl (C=O) groups excluding carboxylic acids is 1. The SMILES string of the molecule is CCOC(=O)CCCOc1cccc(C=NNc2nc(-c3ccccc3)cs2)c1. The molecule has 6 nitrogen and oxygen atoms in total. The highest BCUT2D eigenvalue weighted by molar-refractivity contribution is 7.14. The van der Waals surface area contributed by atoms with Crippen molar-refractivity contribution in [2.24, 2.45) is 5.10 Å². The Kier molecular flexibility index (Phi) is 7.77. The molecule has 1 heterocycles. The van der Waals surface area contributed by atoms with Crippen LogP contribution >= 0.6 is 11.3 Å². The van der Waals surface area contributed by atoms with Gasteiger partial charge in [-0.3, -0.25) is 10.2 Å². The third-order valence-electron chi connectivity index (χ3n) is 3.90. The summed E-state index contributed by atoms with van der Waals surface area (Å²) >= 11 is 1.50. The summed E-state index contributed by atoms with van der Waals surface area (Å²) in [6.45, 7) is 2.66. The number of aromatic nitrogens is 1. The molecule has 1 N–H and O–H groups in total. The summed E-state index contributed by atoms with van der Waals surface area (Å²) in [5.41, 5.74) is 5.87. The summed E-state index contributed by atoms with van der Waals surface area (Å²) in [7, 11) is 0. The summed E-state index contributed by atoms with van der Waals surface area (Å²) < 4.78 is 10.6. The Labute approximate surface area is 174 Å². The van der Waals surface area contributed by atoms with Gasteiger partial charge in [-0.15, -0.1) is 11.3 Å². The molecule has 0 fully saturated rings. The average Bonchev–Trinajstić information content (AvgIpc) is 3.21. The highest BCUT2D eigenvalue weighted by atomic mass is 32.1. The van der Waals surface area contributed by atoms with E-state index in [1.165, 1.54) is 11.3 Å². The van der Waals surface area contributed by atoms with Crippen LogP contribution in [0, 0.1) is 0 Å². The molecular formula is C22H23N3O3S. The van der Waals surface area contributed by atoms with Crippen LogP contribution in [0.3, 0.4) is 0 Å². The van der Waals surface area contributed by atoms with Gasteiger partial charge >= 0.3 is 5.97 Å². The zero-order valence-electron chi connectivity index (χ0n) is 16.2. The predicted octanol–water partition coefficient (Wildman–Crippen LogP) is 4.98. The van der Waals surface area contributed by atoms with Crippen LogP contribution in [0.4, 0.5) is 5.13 Å². The molecular weight excluding hydrogens is 386 g/mol. The summed E-state index contributed by atoms with van der Waals surface area (Å²) in [4.78, 5) is 15.9. The standard InChI is InChI=1S/C22H23N3O3S/c1-2-27-21(26)12-7-13-28-19-11-6-8-17(14-19)15-23-25-22-24-20(16-29-22)18-9-4-3-5-10-18/h3-6,8-11,14-16H,2,7,12-13H2,1H3,(H,24,25). The lowest BCUT2D eigenvalue weighted by Gasteiger charge is -2.06. The minimum Gasteiger partial charge on any atom is -0.494 e. The molecule has 3 rings (SSSR count). The minimum absolute atomic E-state index is 0.194. The van der Waals surface area contributed by atoms with Crippen molar-refractivity contribution in [3.05, 3.63) is 65.5 Å². The number of nitrogens with zero attached hydrogens (tertiary/aromatic N) is 2. The van der Waals surface area contributed by atoms with Gasteiger partial charge in [0.25, 0.3) is 0 Å². The van der Waals surface area contributed by atoms with E-state index in [4.69, 9.17) is 9.47 Å². The van der Waals surface area contributed by atoms with E-state index >= 15 is 0 Å². The molecule has 0 aliphatic carbocycles. The Morgan fingerprint density at radius 1 is 1.21 bits per heavy atom. The molecule has 2 aromatic carbocycles. The molecule has 1 aromatic heterocycles. The molecule has 0 aliphatic rings. The van der Waals surface area contributed by atoms with Gasteiger partial charge in [-0.05, 0) is 31.0 Å². The number of thiazole rings is 1. The van der Waals surface area contributed by atoms with Crippen LogP contribution in [0.1, 0.15) is 25.3 Å². The molecule has 0 saturated heterocycles. The number of anilines is 1. The third kappa shape index (κ3) is 6.73. The zero-order valence-corrected chi connectivity index (χ0v) is 17.0. The van der Waals surface area contributed by atoms with E-state index in [-0.39, 0.29) is 5.97 Å². The lowest BCUT2D eigenvalue weighted by atomic mass is 10.2. The fraction of sp³-hybridized carbons (Fsp3) is 0.227. The first kappa shape index (κ1) is 20.5. The Balaban J connectivity index is 1.48. The highest BCUT2D eigenvalue weighted by Crippen LogP contribution is 2.24. The van der Waals surface area contributed by atoms with Gasteiger partial charge < -0.3 is 9.47 Å². The van der Waals surface area contributed by atoms with Crippen molar-refractivity contribution >= 4 is 28.7 Å². The molecule has 0 atom stereocenters. The maximum atomic E-state index is 11.3.